The molecule has 1 aromatic rings. The number of rotatable bonds is 4. The second-order valence-electron chi connectivity index (χ2n) is 4.06. The van der Waals surface area contributed by atoms with E-state index in [1.165, 1.54) is 0 Å². The molecule has 0 unspecified atom stereocenters. The molecule has 3 heteroatoms. The van der Waals surface area contributed by atoms with Crippen LogP contribution in [0.2, 0.25) is 0 Å². The average Bonchev–Trinajstić information content (AvgIpc) is 2.45. The van der Waals surface area contributed by atoms with Crippen molar-refractivity contribution >= 4 is 0 Å². The van der Waals surface area contributed by atoms with E-state index in [2.05, 4.69) is 23.3 Å². The molecule has 1 saturated heterocycles. The fraction of sp³-hybridized carbons (Fsp3) is 0.636. The molecule has 0 bridgehead atoms. The third-order valence-corrected chi connectivity index (χ3v) is 2.89. The van der Waals surface area contributed by atoms with Gasteiger partial charge in [0.1, 0.15) is 11.5 Å². The first-order valence-electron chi connectivity index (χ1n) is 5.22. The van der Waals surface area contributed by atoms with Crippen LogP contribution in [0.15, 0.2) is 16.5 Å². The number of aryl methyl sites for hydroxylation is 1. The Morgan fingerprint density at radius 3 is 2.79 bits per heavy atom. The van der Waals surface area contributed by atoms with E-state index in [-0.39, 0.29) is 0 Å². The van der Waals surface area contributed by atoms with E-state index in [4.69, 9.17) is 4.42 Å². The quantitative estimate of drug-likeness (QED) is 0.776. The molecule has 1 N–H and O–H groups in total. The van der Waals surface area contributed by atoms with E-state index in [0.29, 0.717) is 0 Å². The minimum Gasteiger partial charge on any atom is -0.466 e. The molecule has 1 aliphatic heterocycles. The van der Waals surface area contributed by atoms with Gasteiger partial charge in [0.15, 0.2) is 0 Å². The zero-order valence-electron chi connectivity index (χ0n) is 8.92. The summed E-state index contributed by atoms with van der Waals surface area (Å²) in [4.78, 5) is 2.40. The Balaban J connectivity index is 1.76. The van der Waals surface area contributed by atoms with Crippen LogP contribution in [0.4, 0.5) is 0 Å². The van der Waals surface area contributed by atoms with Crippen LogP contribution >= 0.6 is 0 Å². The number of nitrogens with one attached hydrogen (secondary N) is 1. The highest BCUT2D eigenvalue weighted by Crippen LogP contribution is 2.09. The van der Waals surface area contributed by atoms with E-state index in [0.717, 1.165) is 43.6 Å². The number of hydrogen-bond acceptors (Lipinski definition) is 3. The number of nitrogens with zero attached hydrogens (tertiary/aromatic N) is 1. The summed E-state index contributed by atoms with van der Waals surface area (Å²) in [6.45, 7) is 5.34. The fourth-order valence-electron chi connectivity index (χ4n) is 1.67. The highest BCUT2D eigenvalue weighted by atomic mass is 16.3. The Hall–Kier alpha value is -0.800. The SMILES string of the molecule is Cc1ccc(CCN(C)C2CNC2)o1. The number of likely N-dealkylation sites (N-methyl/N-ethyl adjacent to an activating group) is 1. The predicted octanol–water partition coefficient (Wildman–Crippen LogP) is 1.03. The fourth-order valence-corrected chi connectivity index (χ4v) is 1.67. The van der Waals surface area contributed by atoms with Crippen LogP contribution < -0.4 is 5.32 Å². The lowest BCUT2D eigenvalue weighted by Gasteiger charge is -2.35. The Morgan fingerprint density at radius 1 is 1.50 bits per heavy atom. The van der Waals surface area contributed by atoms with Gasteiger partial charge in [0.2, 0.25) is 0 Å². The molecule has 0 amide bonds. The smallest absolute Gasteiger partial charge is 0.105 e. The van der Waals surface area contributed by atoms with Crippen LogP contribution in [-0.4, -0.2) is 37.6 Å². The maximum absolute atomic E-state index is 5.52. The van der Waals surface area contributed by atoms with E-state index in [9.17, 15) is 0 Å². The summed E-state index contributed by atoms with van der Waals surface area (Å²) >= 11 is 0. The molecule has 3 nitrogen and oxygen atoms in total. The van der Waals surface area contributed by atoms with Crippen LogP contribution in [0.5, 0.6) is 0 Å². The van der Waals surface area contributed by atoms with E-state index >= 15 is 0 Å². The maximum Gasteiger partial charge on any atom is 0.105 e. The van der Waals surface area contributed by atoms with Crippen LogP contribution in [0.25, 0.3) is 0 Å². The maximum atomic E-state index is 5.52. The van der Waals surface area contributed by atoms with Gasteiger partial charge in [-0.1, -0.05) is 0 Å². The van der Waals surface area contributed by atoms with Crippen molar-refractivity contribution in [3.63, 3.8) is 0 Å². The van der Waals surface area contributed by atoms with Crippen LogP contribution in [0.3, 0.4) is 0 Å². The highest BCUT2D eigenvalue weighted by Gasteiger charge is 2.20. The Labute approximate surface area is 85.1 Å². The summed E-state index contributed by atoms with van der Waals surface area (Å²) in [5, 5.41) is 3.28. The van der Waals surface area contributed by atoms with Crippen molar-refractivity contribution < 1.29 is 4.42 Å². The van der Waals surface area contributed by atoms with Gasteiger partial charge in [-0.15, -0.1) is 0 Å². The van der Waals surface area contributed by atoms with Gasteiger partial charge in [-0.2, -0.15) is 0 Å². The highest BCUT2D eigenvalue weighted by molar-refractivity contribution is 5.05. The molecule has 2 heterocycles. The molecule has 0 spiro atoms. The first-order chi connectivity index (χ1) is 6.75. The second kappa shape index (κ2) is 4.15. The topological polar surface area (TPSA) is 28.4 Å². The molecule has 14 heavy (non-hydrogen) atoms. The molecule has 0 atom stereocenters. The molecule has 0 radical (unpaired) electrons. The molecular weight excluding hydrogens is 176 g/mol. The summed E-state index contributed by atoms with van der Waals surface area (Å²) in [7, 11) is 2.18. The molecule has 1 fully saturated rings. The monoisotopic (exact) mass is 194 g/mol. The Bertz CT molecular complexity index is 291. The molecule has 1 aromatic heterocycles. The van der Waals surface area contributed by atoms with Gasteiger partial charge in [-0.3, -0.25) is 0 Å². The molecule has 0 aromatic carbocycles. The van der Waals surface area contributed by atoms with E-state index in [1.54, 1.807) is 0 Å². The molecule has 0 aliphatic carbocycles. The third kappa shape index (κ3) is 2.16. The number of furan rings is 1. The summed E-state index contributed by atoms with van der Waals surface area (Å²) < 4.78 is 5.52. The summed E-state index contributed by atoms with van der Waals surface area (Å²) in [5.74, 6) is 2.11. The normalized spacial score (nSPS) is 17.4. The zero-order valence-corrected chi connectivity index (χ0v) is 8.92. The standard InChI is InChI=1S/C11H18N2O/c1-9-3-4-11(14-9)5-6-13(2)10-7-12-8-10/h3-4,10,12H,5-8H2,1-2H3. The predicted molar refractivity (Wildman–Crippen MR) is 56.4 cm³/mol. The second-order valence-corrected chi connectivity index (χ2v) is 4.06. The van der Waals surface area contributed by atoms with Crippen molar-refractivity contribution in [2.45, 2.75) is 19.4 Å². The lowest BCUT2D eigenvalue weighted by molar-refractivity contribution is 0.179. The first kappa shape index (κ1) is 9.74. The van der Waals surface area contributed by atoms with Gasteiger partial charge in [-0.05, 0) is 26.1 Å². The van der Waals surface area contributed by atoms with Crippen molar-refractivity contribution in [2.75, 3.05) is 26.7 Å². The summed E-state index contributed by atoms with van der Waals surface area (Å²) in [6.07, 6.45) is 1.01. The van der Waals surface area contributed by atoms with Gasteiger partial charge in [0.05, 0.1) is 0 Å². The van der Waals surface area contributed by atoms with Crippen LogP contribution in [0, 0.1) is 6.92 Å². The van der Waals surface area contributed by atoms with Gasteiger partial charge in [-0.25, -0.2) is 0 Å². The Morgan fingerprint density at radius 2 is 2.29 bits per heavy atom. The van der Waals surface area contributed by atoms with Gasteiger partial charge in [0, 0.05) is 32.1 Å². The Kier molecular flexibility index (Phi) is 2.89. The van der Waals surface area contributed by atoms with E-state index < -0.39 is 0 Å². The summed E-state index contributed by atoms with van der Waals surface area (Å²) in [5.41, 5.74) is 0. The molecule has 2 rings (SSSR count). The van der Waals surface area contributed by atoms with Crippen molar-refractivity contribution in [3.8, 4) is 0 Å². The first-order valence-corrected chi connectivity index (χ1v) is 5.22. The molecule has 0 saturated carbocycles. The van der Waals surface area contributed by atoms with Gasteiger partial charge < -0.3 is 14.6 Å². The minimum absolute atomic E-state index is 0.728. The summed E-state index contributed by atoms with van der Waals surface area (Å²) in [6, 6.07) is 4.83. The minimum atomic E-state index is 0.728. The lowest BCUT2D eigenvalue weighted by atomic mass is 10.1. The molecular formula is C11H18N2O. The van der Waals surface area contributed by atoms with Crippen LogP contribution in [-0.2, 0) is 6.42 Å². The lowest BCUT2D eigenvalue weighted by Crippen LogP contribution is -2.56. The van der Waals surface area contributed by atoms with Gasteiger partial charge >= 0.3 is 0 Å². The average molecular weight is 194 g/mol. The van der Waals surface area contributed by atoms with Crippen molar-refractivity contribution in [1.82, 2.24) is 10.2 Å². The van der Waals surface area contributed by atoms with Crippen molar-refractivity contribution in [3.05, 3.63) is 23.7 Å². The third-order valence-electron chi connectivity index (χ3n) is 2.89. The van der Waals surface area contributed by atoms with Crippen molar-refractivity contribution in [1.29, 1.82) is 0 Å². The number of hydrogen-bond donors (Lipinski definition) is 1. The molecule has 78 valence electrons. The largest absolute Gasteiger partial charge is 0.466 e. The van der Waals surface area contributed by atoms with E-state index in [1.807, 2.05) is 13.0 Å². The zero-order chi connectivity index (χ0) is 9.97. The van der Waals surface area contributed by atoms with Crippen LogP contribution in [0.1, 0.15) is 11.5 Å². The van der Waals surface area contributed by atoms with Crippen molar-refractivity contribution in [2.24, 2.45) is 0 Å². The molecule has 1 aliphatic rings. The van der Waals surface area contributed by atoms with Gasteiger partial charge in [0.25, 0.3) is 0 Å².